The minimum Gasteiger partial charge on any atom is -0.363 e. The highest BCUT2D eigenvalue weighted by Crippen LogP contribution is 2.42. The van der Waals surface area contributed by atoms with Gasteiger partial charge >= 0.3 is 0 Å². The van der Waals surface area contributed by atoms with Gasteiger partial charge in [0.2, 0.25) is 0 Å². The van der Waals surface area contributed by atoms with Gasteiger partial charge < -0.3 is 5.32 Å². The zero-order valence-electron chi connectivity index (χ0n) is 10.0. The second-order valence-electron chi connectivity index (χ2n) is 4.72. The van der Waals surface area contributed by atoms with Crippen molar-refractivity contribution in [3.63, 3.8) is 0 Å². The molecule has 1 aromatic heterocycles. The molecular formula is C15H15ClN2. The van der Waals surface area contributed by atoms with Gasteiger partial charge in [-0.15, -0.1) is 0 Å². The summed E-state index contributed by atoms with van der Waals surface area (Å²) in [5.74, 6) is 1.57. The SMILES string of the molecule is Clc1cccc(NC(c2ccccc2)C2CC2)n1. The van der Waals surface area contributed by atoms with Gasteiger partial charge in [-0.25, -0.2) is 4.98 Å². The molecule has 0 radical (unpaired) electrons. The number of benzene rings is 1. The average molecular weight is 259 g/mol. The van der Waals surface area contributed by atoms with Crippen molar-refractivity contribution in [2.75, 3.05) is 5.32 Å². The molecule has 1 saturated carbocycles. The van der Waals surface area contributed by atoms with Crippen LogP contribution in [0.25, 0.3) is 0 Å². The van der Waals surface area contributed by atoms with Crippen molar-refractivity contribution >= 4 is 17.4 Å². The second kappa shape index (κ2) is 4.99. The van der Waals surface area contributed by atoms with Gasteiger partial charge in [0.05, 0.1) is 6.04 Å². The molecule has 0 spiro atoms. The molecule has 0 bridgehead atoms. The minimum absolute atomic E-state index is 0.345. The molecule has 1 aliphatic rings. The molecule has 1 aromatic carbocycles. The number of nitrogens with zero attached hydrogens (tertiary/aromatic N) is 1. The van der Waals surface area contributed by atoms with E-state index in [0.717, 1.165) is 5.82 Å². The Labute approximate surface area is 112 Å². The molecule has 0 saturated heterocycles. The monoisotopic (exact) mass is 258 g/mol. The highest BCUT2D eigenvalue weighted by molar-refractivity contribution is 6.29. The minimum atomic E-state index is 0.345. The molecule has 2 aromatic rings. The fraction of sp³-hybridized carbons (Fsp3) is 0.267. The van der Waals surface area contributed by atoms with Crippen LogP contribution in [0.3, 0.4) is 0 Å². The van der Waals surface area contributed by atoms with Crippen LogP contribution < -0.4 is 5.32 Å². The summed E-state index contributed by atoms with van der Waals surface area (Å²) in [6.45, 7) is 0. The normalized spacial score (nSPS) is 16.3. The standard InChI is InChI=1S/C15H15ClN2/c16-13-7-4-8-14(17-13)18-15(12-9-10-12)11-5-2-1-3-6-11/h1-8,12,15H,9-10H2,(H,17,18). The number of nitrogens with one attached hydrogen (secondary N) is 1. The molecule has 1 fully saturated rings. The van der Waals surface area contributed by atoms with Gasteiger partial charge in [0.15, 0.2) is 0 Å². The predicted molar refractivity (Wildman–Crippen MR) is 74.8 cm³/mol. The largest absolute Gasteiger partial charge is 0.363 e. The van der Waals surface area contributed by atoms with Crippen molar-refractivity contribution in [3.05, 3.63) is 59.2 Å². The quantitative estimate of drug-likeness (QED) is 0.827. The molecule has 0 aliphatic heterocycles. The van der Waals surface area contributed by atoms with E-state index in [2.05, 4.69) is 34.6 Å². The summed E-state index contributed by atoms with van der Waals surface area (Å²) >= 11 is 5.92. The van der Waals surface area contributed by atoms with E-state index in [-0.39, 0.29) is 0 Å². The van der Waals surface area contributed by atoms with Crippen LogP contribution >= 0.6 is 11.6 Å². The summed E-state index contributed by atoms with van der Waals surface area (Å²) in [6, 6.07) is 16.6. The van der Waals surface area contributed by atoms with E-state index < -0.39 is 0 Å². The van der Waals surface area contributed by atoms with Crippen molar-refractivity contribution in [2.24, 2.45) is 5.92 Å². The van der Waals surface area contributed by atoms with Gasteiger partial charge in [-0.1, -0.05) is 48.0 Å². The highest BCUT2D eigenvalue weighted by Gasteiger charge is 2.32. The maximum atomic E-state index is 5.92. The zero-order chi connectivity index (χ0) is 12.4. The third-order valence-corrected chi connectivity index (χ3v) is 3.48. The van der Waals surface area contributed by atoms with E-state index in [0.29, 0.717) is 17.1 Å². The lowest BCUT2D eigenvalue weighted by molar-refractivity contribution is 0.675. The van der Waals surface area contributed by atoms with Gasteiger partial charge in [-0.3, -0.25) is 0 Å². The Morgan fingerprint density at radius 1 is 1.06 bits per heavy atom. The van der Waals surface area contributed by atoms with Crippen molar-refractivity contribution in [1.82, 2.24) is 4.98 Å². The number of hydrogen-bond acceptors (Lipinski definition) is 2. The van der Waals surface area contributed by atoms with E-state index in [1.54, 1.807) is 6.07 Å². The van der Waals surface area contributed by atoms with Gasteiger partial charge in [0.1, 0.15) is 11.0 Å². The Bertz CT molecular complexity index is 523. The van der Waals surface area contributed by atoms with Crippen LogP contribution in [0, 0.1) is 5.92 Å². The summed E-state index contributed by atoms with van der Waals surface area (Å²) in [5.41, 5.74) is 1.32. The number of hydrogen-bond donors (Lipinski definition) is 1. The summed E-state index contributed by atoms with van der Waals surface area (Å²) in [4.78, 5) is 4.30. The maximum Gasteiger partial charge on any atom is 0.131 e. The van der Waals surface area contributed by atoms with Gasteiger partial charge in [-0.05, 0) is 36.5 Å². The van der Waals surface area contributed by atoms with E-state index in [4.69, 9.17) is 11.6 Å². The van der Waals surface area contributed by atoms with Gasteiger partial charge in [-0.2, -0.15) is 0 Å². The molecule has 0 amide bonds. The lowest BCUT2D eigenvalue weighted by atomic mass is 10.0. The first-order valence-electron chi connectivity index (χ1n) is 6.27. The molecule has 3 heteroatoms. The fourth-order valence-electron chi connectivity index (χ4n) is 2.21. The van der Waals surface area contributed by atoms with Crippen LogP contribution in [-0.2, 0) is 0 Å². The van der Waals surface area contributed by atoms with E-state index in [1.165, 1.54) is 18.4 Å². The number of halogens is 1. The van der Waals surface area contributed by atoms with Gasteiger partial charge in [0.25, 0.3) is 0 Å². The zero-order valence-corrected chi connectivity index (χ0v) is 10.8. The topological polar surface area (TPSA) is 24.9 Å². The van der Waals surface area contributed by atoms with Crippen LogP contribution in [0.5, 0.6) is 0 Å². The third kappa shape index (κ3) is 2.65. The smallest absolute Gasteiger partial charge is 0.131 e. The molecule has 3 rings (SSSR count). The molecule has 2 nitrogen and oxygen atoms in total. The van der Waals surface area contributed by atoms with Crippen molar-refractivity contribution in [1.29, 1.82) is 0 Å². The highest BCUT2D eigenvalue weighted by atomic mass is 35.5. The molecule has 18 heavy (non-hydrogen) atoms. The Balaban J connectivity index is 1.83. The molecular weight excluding hydrogens is 244 g/mol. The molecule has 92 valence electrons. The third-order valence-electron chi connectivity index (χ3n) is 3.27. The van der Waals surface area contributed by atoms with Crippen LogP contribution in [-0.4, -0.2) is 4.98 Å². The summed E-state index contributed by atoms with van der Waals surface area (Å²) in [7, 11) is 0. The average Bonchev–Trinajstić information content (AvgIpc) is 3.21. The lowest BCUT2D eigenvalue weighted by Gasteiger charge is -2.19. The van der Waals surface area contributed by atoms with Gasteiger partial charge in [0, 0.05) is 0 Å². The van der Waals surface area contributed by atoms with Crippen molar-refractivity contribution in [2.45, 2.75) is 18.9 Å². The fourth-order valence-corrected chi connectivity index (χ4v) is 2.38. The number of anilines is 1. The van der Waals surface area contributed by atoms with E-state index >= 15 is 0 Å². The molecule has 1 heterocycles. The first kappa shape index (κ1) is 11.5. The van der Waals surface area contributed by atoms with E-state index in [1.807, 2.05) is 18.2 Å². The predicted octanol–water partition coefficient (Wildman–Crippen LogP) is 4.30. The Kier molecular flexibility index (Phi) is 3.20. The first-order valence-corrected chi connectivity index (χ1v) is 6.65. The second-order valence-corrected chi connectivity index (χ2v) is 5.10. The number of pyridine rings is 1. The molecule has 1 N–H and O–H groups in total. The van der Waals surface area contributed by atoms with Crippen LogP contribution in [0.1, 0.15) is 24.4 Å². The summed E-state index contributed by atoms with van der Waals surface area (Å²) in [6.07, 6.45) is 2.57. The molecule has 1 unspecified atom stereocenters. The van der Waals surface area contributed by atoms with Crippen LogP contribution in [0.4, 0.5) is 5.82 Å². The summed E-state index contributed by atoms with van der Waals surface area (Å²) < 4.78 is 0. The van der Waals surface area contributed by atoms with Crippen LogP contribution in [0.15, 0.2) is 48.5 Å². The Morgan fingerprint density at radius 2 is 1.83 bits per heavy atom. The molecule has 1 aliphatic carbocycles. The number of aromatic nitrogens is 1. The Hall–Kier alpha value is -1.54. The van der Waals surface area contributed by atoms with Crippen molar-refractivity contribution in [3.8, 4) is 0 Å². The molecule has 1 atom stereocenters. The number of rotatable bonds is 4. The lowest BCUT2D eigenvalue weighted by Crippen LogP contribution is -2.13. The summed E-state index contributed by atoms with van der Waals surface area (Å²) in [5, 5.41) is 4.03. The van der Waals surface area contributed by atoms with E-state index in [9.17, 15) is 0 Å². The van der Waals surface area contributed by atoms with Crippen LogP contribution in [0.2, 0.25) is 5.15 Å². The first-order chi connectivity index (χ1) is 8.83. The Morgan fingerprint density at radius 3 is 2.50 bits per heavy atom. The maximum absolute atomic E-state index is 5.92. The van der Waals surface area contributed by atoms with Crippen molar-refractivity contribution < 1.29 is 0 Å².